The highest BCUT2D eigenvalue weighted by molar-refractivity contribution is 6.42. The number of carbonyl (C=O) groups excluding carboxylic acids is 2. The number of ether oxygens (including phenoxy) is 1. The van der Waals surface area contributed by atoms with Crippen LogP contribution in [0.2, 0.25) is 10.0 Å². The molecule has 10 heteroatoms. The van der Waals surface area contributed by atoms with Gasteiger partial charge in [0, 0.05) is 5.69 Å². The molecule has 0 unspecified atom stereocenters. The van der Waals surface area contributed by atoms with E-state index in [4.69, 9.17) is 27.9 Å². The fourth-order valence-corrected chi connectivity index (χ4v) is 2.77. The van der Waals surface area contributed by atoms with Crippen LogP contribution in [0.5, 0.6) is 0 Å². The summed E-state index contributed by atoms with van der Waals surface area (Å²) in [4.78, 5) is 25.2. The lowest BCUT2D eigenvalue weighted by Crippen LogP contribution is -2.37. The lowest BCUT2D eigenvalue weighted by Gasteiger charge is -2.14. The van der Waals surface area contributed by atoms with Crippen LogP contribution in [-0.2, 0) is 4.74 Å². The average molecular weight is 416 g/mol. The Morgan fingerprint density at radius 2 is 1.89 bits per heavy atom. The van der Waals surface area contributed by atoms with Gasteiger partial charge >= 0.3 is 12.1 Å². The van der Waals surface area contributed by atoms with Crippen LogP contribution >= 0.6 is 23.2 Å². The van der Waals surface area contributed by atoms with E-state index in [1.165, 1.54) is 17.0 Å². The van der Waals surface area contributed by atoms with Crippen LogP contribution in [0.15, 0.2) is 36.4 Å². The third-order valence-electron chi connectivity index (χ3n) is 3.78. The van der Waals surface area contributed by atoms with Crippen molar-refractivity contribution in [1.82, 2.24) is 5.32 Å². The van der Waals surface area contributed by atoms with Gasteiger partial charge in [0.25, 0.3) is 0 Å². The molecule has 0 bridgehead atoms. The van der Waals surface area contributed by atoms with Crippen LogP contribution in [0.25, 0.3) is 0 Å². The van der Waals surface area contributed by atoms with Crippen molar-refractivity contribution in [2.75, 3.05) is 23.3 Å². The van der Waals surface area contributed by atoms with Gasteiger partial charge in [0.15, 0.2) is 0 Å². The summed E-state index contributed by atoms with van der Waals surface area (Å²) in [5.41, 5.74) is -0.0642. The number of nitrogens with zero attached hydrogens (tertiary/aromatic N) is 1. The van der Waals surface area contributed by atoms with Crippen molar-refractivity contribution in [3.63, 3.8) is 0 Å². The van der Waals surface area contributed by atoms with Gasteiger partial charge in [0.2, 0.25) is 0 Å². The maximum Gasteiger partial charge on any atom is 0.414 e. The average Bonchev–Trinajstić information content (AvgIpc) is 3.00. The maximum absolute atomic E-state index is 13.5. The zero-order valence-corrected chi connectivity index (χ0v) is 15.2. The van der Waals surface area contributed by atoms with Gasteiger partial charge in [-0.05, 0) is 30.3 Å². The third-order valence-corrected chi connectivity index (χ3v) is 4.52. The number of cyclic esters (lactones) is 1. The molecule has 1 aliphatic rings. The molecule has 0 saturated carbocycles. The molecule has 2 aromatic rings. The van der Waals surface area contributed by atoms with Gasteiger partial charge in [-0.2, -0.15) is 0 Å². The van der Waals surface area contributed by atoms with E-state index in [0.717, 1.165) is 12.1 Å². The SMILES string of the molecule is O=C(NC[C@H]1CN(c2ccc(Cl)c(Cl)c2)C(=O)O1)Nc1c(F)cccc1F. The molecular weight excluding hydrogens is 403 g/mol. The Kier molecular flexibility index (Phi) is 5.67. The molecule has 1 saturated heterocycles. The van der Waals surface area contributed by atoms with Crippen molar-refractivity contribution >= 4 is 46.7 Å². The second kappa shape index (κ2) is 7.98. The number of amides is 3. The maximum atomic E-state index is 13.5. The summed E-state index contributed by atoms with van der Waals surface area (Å²) in [6.07, 6.45) is -1.26. The summed E-state index contributed by atoms with van der Waals surface area (Å²) in [6.45, 7) is 0.108. The Balaban J connectivity index is 1.57. The van der Waals surface area contributed by atoms with Gasteiger partial charge in [0.1, 0.15) is 23.4 Å². The Hall–Kier alpha value is -2.58. The van der Waals surface area contributed by atoms with E-state index in [1.54, 1.807) is 12.1 Å². The lowest BCUT2D eigenvalue weighted by atomic mass is 10.2. The summed E-state index contributed by atoms with van der Waals surface area (Å²) >= 11 is 11.8. The van der Waals surface area contributed by atoms with E-state index in [1.807, 2.05) is 0 Å². The molecule has 27 heavy (non-hydrogen) atoms. The first-order valence-electron chi connectivity index (χ1n) is 7.77. The number of carbonyl (C=O) groups is 2. The second-order valence-electron chi connectivity index (χ2n) is 5.65. The number of hydrogen-bond donors (Lipinski definition) is 2. The lowest BCUT2D eigenvalue weighted by molar-refractivity contribution is 0.141. The standard InChI is InChI=1S/C17H13Cl2F2N3O3/c18-11-5-4-9(6-12(11)19)24-8-10(27-17(24)26)7-22-16(25)23-15-13(20)2-1-3-14(15)21/h1-6,10H,7-8H2,(H2,22,23,25)/t10-/m0/s1. The van der Waals surface area contributed by atoms with Crippen molar-refractivity contribution in [1.29, 1.82) is 0 Å². The molecule has 0 aliphatic carbocycles. The molecule has 0 aromatic heterocycles. The minimum Gasteiger partial charge on any atom is -0.442 e. The summed E-state index contributed by atoms with van der Waals surface area (Å²) in [5.74, 6) is -1.80. The summed E-state index contributed by atoms with van der Waals surface area (Å²) in [5, 5.41) is 5.13. The van der Waals surface area contributed by atoms with E-state index in [9.17, 15) is 18.4 Å². The molecule has 142 valence electrons. The van der Waals surface area contributed by atoms with Crippen molar-refractivity contribution in [3.8, 4) is 0 Å². The van der Waals surface area contributed by atoms with Gasteiger partial charge < -0.3 is 15.4 Å². The first kappa shape index (κ1) is 19.2. The van der Waals surface area contributed by atoms with Crippen LogP contribution in [-0.4, -0.2) is 31.3 Å². The molecular formula is C17H13Cl2F2N3O3. The predicted molar refractivity (Wildman–Crippen MR) is 97.5 cm³/mol. The molecule has 0 radical (unpaired) electrons. The fraction of sp³-hybridized carbons (Fsp3) is 0.176. The van der Waals surface area contributed by atoms with E-state index in [0.29, 0.717) is 10.7 Å². The Bertz CT molecular complexity index is 877. The van der Waals surface area contributed by atoms with Crippen molar-refractivity contribution in [2.24, 2.45) is 0 Å². The van der Waals surface area contributed by atoms with E-state index in [-0.39, 0.29) is 18.1 Å². The number of para-hydroxylation sites is 1. The molecule has 2 N–H and O–H groups in total. The topological polar surface area (TPSA) is 70.7 Å². The molecule has 1 atom stereocenters. The van der Waals surface area contributed by atoms with E-state index < -0.39 is 35.6 Å². The molecule has 3 amide bonds. The van der Waals surface area contributed by atoms with Gasteiger partial charge in [0.05, 0.1) is 23.1 Å². The third kappa shape index (κ3) is 4.40. The molecule has 6 nitrogen and oxygen atoms in total. The highest BCUT2D eigenvalue weighted by Crippen LogP contribution is 2.29. The van der Waals surface area contributed by atoms with Crippen LogP contribution in [0.4, 0.5) is 29.7 Å². The quantitative estimate of drug-likeness (QED) is 0.776. The normalized spacial score (nSPS) is 16.2. The van der Waals surface area contributed by atoms with Crippen LogP contribution < -0.4 is 15.5 Å². The highest BCUT2D eigenvalue weighted by Gasteiger charge is 2.32. The van der Waals surface area contributed by atoms with E-state index >= 15 is 0 Å². The highest BCUT2D eigenvalue weighted by atomic mass is 35.5. The van der Waals surface area contributed by atoms with Crippen LogP contribution in [0.3, 0.4) is 0 Å². The predicted octanol–water partition coefficient (Wildman–Crippen LogP) is 4.42. The minimum absolute atomic E-state index is 0.0501. The van der Waals surface area contributed by atoms with Gasteiger partial charge in [-0.3, -0.25) is 4.90 Å². The van der Waals surface area contributed by atoms with Crippen LogP contribution in [0.1, 0.15) is 0 Å². The Morgan fingerprint density at radius 3 is 2.56 bits per heavy atom. The van der Waals surface area contributed by atoms with Crippen molar-refractivity contribution in [2.45, 2.75) is 6.10 Å². The molecule has 1 heterocycles. The minimum atomic E-state index is -0.900. The molecule has 1 fully saturated rings. The molecule has 1 aliphatic heterocycles. The molecule has 0 spiro atoms. The molecule has 3 rings (SSSR count). The number of anilines is 2. The Labute approximate surface area is 163 Å². The Morgan fingerprint density at radius 1 is 1.19 bits per heavy atom. The second-order valence-corrected chi connectivity index (χ2v) is 6.46. The fourth-order valence-electron chi connectivity index (χ4n) is 2.47. The van der Waals surface area contributed by atoms with E-state index in [2.05, 4.69) is 10.6 Å². The largest absolute Gasteiger partial charge is 0.442 e. The number of urea groups is 1. The van der Waals surface area contributed by atoms with Crippen LogP contribution in [0, 0.1) is 11.6 Å². The zero-order valence-electron chi connectivity index (χ0n) is 13.6. The first-order valence-corrected chi connectivity index (χ1v) is 8.53. The van der Waals surface area contributed by atoms with Gasteiger partial charge in [-0.1, -0.05) is 29.3 Å². The summed E-state index contributed by atoms with van der Waals surface area (Å²) < 4.78 is 32.2. The zero-order chi connectivity index (χ0) is 19.6. The number of nitrogens with one attached hydrogen (secondary N) is 2. The van der Waals surface area contributed by atoms with Crippen molar-refractivity contribution in [3.05, 3.63) is 58.1 Å². The van der Waals surface area contributed by atoms with Crippen molar-refractivity contribution < 1.29 is 23.1 Å². The number of rotatable bonds is 4. The van der Waals surface area contributed by atoms with Gasteiger partial charge in [-0.15, -0.1) is 0 Å². The first-order chi connectivity index (χ1) is 12.8. The molecule has 2 aromatic carbocycles. The summed E-state index contributed by atoms with van der Waals surface area (Å²) in [7, 11) is 0. The number of benzene rings is 2. The number of hydrogen-bond acceptors (Lipinski definition) is 3. The monoisotopic (exact) mass is 415 g/mol. The van der Waals surface area contributed by atoms with Gasteiger partial charge in [-0.25, -0.2) is 18.4 Å². The smallest absolute Gasteiger partial charge is 0.414 e. The summed E-state index contributed by atoms with van der Waals surface area (Å²) in [6, 6.07) is 7.08. The number of halogens is 4.